The van der Waals surface area contributed by atoms with Gasteiger partial charge in [-0.2, -0.15) is 0 Å². The Bertz CT molecular complexity index is 1310. The number of anilines is 2. The Morgan fingerprint density at radius 2 is 1.24 bits per heavy atom. The first kappa shape index (κ1) is 23.1. The predicted molar refractivity (Wildman–Crippen MR) is 155 cm³/mol. The van der Waals surface area contributed by atoms with Gasteiger partial charge in [0, 0.05) is 17.1 Å². The summed E-state index contributed by atoms with van der Waals surface area (Å²) in [5.41, 5.74) is 10.2. The molecule has 2 aliphatic heterocycles. The smallest absolute Gasteiger partial charge is 0.113 e. The van der Waals surface area contributed by atoms with Crippen LogP contribution in [0.5, 0.6) is 0 Å². The van der Waals surface area contributed by atoms with E-state index in [1.54, 1.807) is 11.3 Å². The Morgan fingerprint density at radius 1 is 0.622 bits per heavy atom. The lowest BCUT2D eigenvalue weighted by Crippen LogP contribution is -2.46. The lowest BCUT2D eigenvalue weighted by Gasteiger charge is -2.42. The van der Waals surface area contributed by atoms with E-state index in [0.717, 1.165) is 0 Å². The molecule has 2 aliphatic carbocycles. The fraction of sp³-hybridized carbons (Fsp3) is 0.429. The molecule has 190 valence electrons. The summed E-state index contributed by atoms with van der Waals surface area (Å²) >= 11 is 0. The summed E-state index contributed by atoms with van der Waals surface area (Å²) in [6, 6.07) is 30.1. The Labute approximate surface area is 223 Å². The summed E-state index contributed by atoms with van der Waals surface area (Å²) in [6.07, 6.45) is 12.4. The van der Waals surface area contributed by atoms with Crippen LogP contribution in [0.1, 0.15) is 81.4 Å². The van der Waals surface area contributed by atoms with E-state index in [9.17, 15) is 0 Å². The van der Waals surface area contributed by atoms with Gasteiger partial charge in [-0.25, -0.2) is 0 Å². The van der Waals surface area contributed by atoms with Gasteiger partial charge in [0.05, 0.1) is 11.1 Å². The van der Waals surface area contributed by atoms with Crippen LogP contribution in [0.4, 0.5) is 11.4 Å². The first-order valence-electron chi connectivity index (χ1n) is 14.7. The van der Waals surface area contributed by atoms with Crippen molar-refractivity contribution < 1.29 is 0 Å². The highest BCUT2D eigenvalue weighted by molar-refractivity contribution is 5.82. The molecule has 0 saturated heterocycles. The van der Waals surface area contributed by atoms with Crippen molar-refractivity contribution in [3.63, 3.8) is 0 Å². The molecule has 3 aromatic carbocycles. The Hall–Kier alpha value is -3.00. The van der Waals surface area contributed by atoms with Gasteiger partial charge in [-0.15, -0.1) is 0 Å². The summed E-state index contributed by atoms with van der Waals surface area (Å²) in [4.78, 5) is 5.60. The minimum Gasteiger partial charge on any atom is -0.322 e. The van der Waals surface area contributed by atoms with Crippen LogP contribution in [0.15, 0.2) is 90.3 Å². The maximum absolute atomic E-state index is 2.84. The Morgan fingerprint density at radius 3 is 1.97 bits per heavy atom. The molecule has 0 spiro atoms. The van der Waals surface area contributed by atoms with Crippen molar-refractivity contribution in [2.45, 2.75) is 83.2 Å². The minimum absolute atomic E-state index is 0.0867. The molecule has 2 unspecified atom stereocenters. The van der Waals surface area contributed by atoms with Gasteiger partial charge >= 0.3 is 0 Å². The number of rotatable bonds is 4. The first-order chi connectivity index (χ1) is 18.2. The molecule has 2 heterocycles. The SMILES string of the molecule is CC1=C2N(c3ccccc3C2(c2ccccc2)C2CCCCC2)C(C2CCCC2)N1c1ccccc1C. The number of fused-ring (bicyclic) bond motifs is 3. The standard InChI is InChI=1S/C35H40N2/c1-25-15-9-13-23-31(25)36-26(2)33-35(28-18-5-3-6-19-28,29-20-7-4-8-21-29)30-22-12-14-24-32(30)37(33)34(36)27-16-10-11-17-27/h3,5-6,9,12-15,18-19,22-24,27,29,34H,4,7-8,10-11,16-17,20-21H2,1-2H3. The van der Waals surface area contributed by atoms with Crippen LogP contribution in [0.3, 0.4) is 0 Å². The number of hydrogen-bond acceptors (Lipinski definition) is 2. The second kappa shape index (κ2) is 9.08. The highest BCUT2D eigenvalue weighted by atomic mass is 15.4. The molecule has 0 radical (unpaired) electrons. The predicted octanol–water partition coefficient (Wildman–Crippen LogP) is 8.95. The van der Waals surface area contributed by atoms with Crippen molar-refractivity contribution in [1.29, 1.82) is 0 Å². The van der Waals surface area contributed by atoms with Gasteiger partial charge in [0.25, 0.3) is 0 Å². The lowest BCUT2D eigenvalue weighted by atomic mass is 9.60. The quantitative estimate of drug-likeness (QED) is 0.362. The van der Waals surface area contributed by atoms with E-state index < -0.39 is 0 Å². The van der Waals surface area contributed by atoms with Crippen LogP contribution in [0.2, 0.25) is 0 Å². The Kier molecular flexibility index (Phi) is 5.68. The van der Waals surface area contributed by atoms with Crippen molar-refractivity contribution in [3.8, 4) is 0 Å². The molecule has 0 aromatic heterocycles. The zero-order valence-corrected chi connectivity index (χ0v) is 22.5. The van der Waals surface area contributed by atoms with E-state index in [0.29, 0.717) is 18.0 Å². The van der Waals surface area contributed by atoms with Crippen molar-refractivity contribution >= 4 is 11.4 Å². The van der Waals surface area contributed by atoms with Crippen molar-refractivity contribution in [1.82, 2.24) is 0 Å². The molecule has 37 heavy (non-hydrogen) atoms. The molecule has 3 aromatic rings. The van der Waals surface area contributed by atoms with E-state index in [-0.39, 0.29) is 5.41 Å². The highest BCUT2D eigenvalue weighted by Crippen LogP contribution is 2.63. The van der Waals surface area contributed by atoms with Gasteiger partial charge in [-0.05, 0) is 80.2 Å². The molecule has 2 saturated carbocycles. The van der Waals surface area contributed by atoms with Gasteiger partial charge in [-0.3, -0.25) is 0 Å². The summed E-state index contributed by atoms with van der Waals surface area (Å²) in [5.74, 6) is 1.30. The maximum atomic E-state index is 2.84. The summed E-state index contributed by atoms with van der Waals surface area (Å²) in [6.45, 7) is 4.73. The number of nitrogens with zero attached hydrogens (tertiary/aromatic N) is 2. The van der Waals surface area contributed by atoms with Gasteiger partial charge in [0.15, 0.2) is 0 Å². The summed E-state index contributed by atoms with van der Waals surface area (Å²) < 4.78 is 0. The van der Waals surface area contributed by atoms with Gasteiger partial charge < -0.3 is 9.80 Å². The number of aryl methyl sites for hydroxylation is 1. The number of benzene rings is 3. The van der Waals surface area contributed by atoms with Crippen LogP contribution in [-0.2, 0) is 5.41 Å². The molecule has 2 heteroatoms. The van der Waals surface area contributed by atoms with Gasteiger partial charge in [-0.1, -0.05) is 98.8 Å². The molecular formula is C35H40N2. The zero-order chi connectivity index (χ0) is 25.0. The van der Waals surface area contributed by atoms with Crippen LogP contribution in [0.25, 0.3) is 0 Å². The van der Waals surface area contributed by atoms with Crippen molar-refractivity contribution in [3.05, 3.63) is 107 Å². The minimum atomic E-state index is -0.0867. The van der Waals surface area contributed by atoms with Crippen molar-refractivity contribution in [2.75, 3.05) is 9.80 Å². The summed E-state index contributed by atoms with van der Waals surface area (Å²) in [7, 11) is 0. The van der Waals surface area contributed by atoms with Crippen LogP contribution < -0.4 is 9.80 Å². The summed E-state index contributed by atoms with van der Waals surface area (Å²) in [5, 5.41) is 0. The van der Waals surface area contributed by atoms with Crippen molar-refractivity contribution in [2.24, 2.45) is 11.8 Å². The maximum Gasteiger partial charge on any atom is 0.113 e. The third kappa shape index (κ3) is 3.30. The fourth-order valence-electron chi connectivity index (χ4n) is 8.63. The third-order valence-corrected chi connectivity index (χ3v) is 10.1. The second-order valence-corrected chi connectivity index (χ2v) is 11.9. The normalized spacial score (nSPS) is 26.2. The molecule has 2 nitrogen and oxygen atoms in total. The first-order valence-corrected chi connectivity index (χ1v) is 14.7. The molecule has 4 aliphatic rings. The van der Waals surface area contributed by atoms with E-state index in [1.165, 1.54) is 86.0 Å². The van der Waals surface area contributed by atoms with E-state index in [1.807, 2.05) is 0 Å². The fourth-order valence-corrected chi connectivity index (χ4v) is 8.63. The topological polar surface area (TPSA) is 6.48 Å². The molecule has 7 rings (SSSR count). The number of para-hydroxylation sites is 2. The lowest BCUT2D eigenvalue weighted by molar-refractivity contribution is 0.270. The average Bonchev–Trinajstić information content (AvgIpc) is 3.65. The van der Waals surface area contributed by atoms with Crippen LogP contribution in [0, 0.1) is 18.8 Å². The molecule has 0 N–H and O–H groups in total. The Balaban J connectivity index is 1.54. The van der Waals surface area contributed by atoms with Crippen LogP contribution >= 0.6 is 0 Å². The zero-order valence-electron chi connectivity index (χ0n) is 22.5. The largest absolute Gasteiger partial charge is 0.322 e. The number of allylic oxidation sites excluding steroid dienone is 2. The van der Waals surface area contributed by atoms with Gasteiger partial charge in [0.2, 0.25) is 0 Å². The van der Waals surface area contributed by atoms with E-state index in [2.05, 4.69) is 103 Å². The average molecular weight is 489 g/mol. The highest BCUT2D eigenvalue weighted by Gasteiger charge is 2.60. The molecule has 2 fully saturated rings. The number of hydrogen-bond donors (Lipinski definition) is 0. The van der Waals surface area contributed by atoms with E-state index >= 15 is 0 Å². The molecule has 0 bridgehead atoms. The third-order valence-electron chi connectivity index (χ3n) is 10.1. The van der Waals surface area contributed by atoms with Crippen LogP contribution in [-0.4, -0.2) is 6.17 Å². The van der Waals surface area contributed by atoms with E-state index in [4.69, 9.17) is 0 Å². The second-order valence-electron chi connectivity index (χ2n) is 11.9. The molecule has 2 atom stereocenters. The molecular weight excluding hydrogens is 448 g/mol. The monoisotopic (exact) mass is 488 g/mol. The van der Waals surface area contributed by atoms with Gasteiger partial charge in [0.1, 0.15) is 6.17 Å². The molecule has 0 amide bonds.